The zero-order valence-electron chi connectivity index (χ0n) is 16.7. The monoisotopic (exact) mass is 762 g/mol. The molecular weight excluding hydrogens is 745 g/mol. The molecule has 12 nitrogen and oxygen atoms in total. The van der Waals surface area contributed by atoms with Crippen molar-refractivity contribution in [3.8, 4) is 0 Å². The molecule has 0 bridgehead atoms. The van der Waals surface area contributed by atoms with Crippen LogP contribution in [0.1, 0.15) is 62.1 Å². The number of hydrogen-bond donors (Lipinski definition) is 6. The van der Waals surface area contributed by atoms with Gasteiger partial charge in [0.15, 0.2) is 0 Å². The summed E-state index contributed by atoms with van der Waals surface area (Å²) in [7, 11) is 0. The molecule has 0 fully saturated rings. The maximum absolute atomic E-state index is 10.6. The summed E-state index contributed by atoms with van der Waals surface area (Å²) < 4.78 is 0. The number of carboxylic acids is 6. The van der Waals surface area contributed by atoms with Crippen LogP contribution in [-0.2, 0) is 81.9 Å². The van der Waals surface area contributed by atoms with Crippen molar-refractivity contribution in [1.82, 2.24) is 0 Å². The second-order valence-corrected chi connectivity index (χ2v) is 5.35. The van der Waals surface area contributed by atoms with Gasteiger partial charge in [-0.05, 0) is 36.4 Å². The van der Waals surface area contributed by atoms with Gasteiger partial charge < -0.3 is 30.6 Å². The Morgan fingerprint density at radius 2 is 0.636 bits per heavy atom. The summed E-state index contributed by atoms with van der Waals surface area (Å²) in [6.45, 7) is 0. The molecule has 2 aromatic carbocycles. The SMILES string of the molecule is O=C(O)c1ccc(C(=O)O)c(C(=O)O)c1.O=C(O)c1ccc(C(=O)O)c(C(=O)O)c1.[Cd].[Cd].[Cd]. The predicted octanol–water partition coefficient (Wildman–Crippen LogP) is 1.55. The number of carbonyl (C=O) groups is 6. The Labute approximate surface area is 244 Å². The van der Waals surface area contributed by atoms with Gasteiger partial charge in [0.1, 0.15) is 0 Å². The molecule has 0 aliphatic heterocycles. The van der Waals surface area contributed by atoms with Crippen molar-refractivity contribution in [2.75, 3.05) is 0 Å². The first kappa shape index (κ1) is 35.6. The van der Waals surface area contributed by atoms with Crippen molar-refractivity contribution in [2.45, 2.75) is 0 Å². The smallest absolute Gasteiger partial charge is 0.336 e. The van der Waals surface area contributed by atoms with Crippen molar-refractivity contribution in [2.24, 2.45) is 0 Å². The van der Waals surface area contributed by atoms with Crippen molar-refractivity contribution in [1.29, 1.82) is 0 Å². The fourth-order valence-corrected chi connectivity index (χ4v) is 2.08. The Balaban J connectivity index is -0.000000500. The minimum absolute atomic E-state index is 0. The topological polar surface area (TPSA) is 224 Å². The van der Waals surface area contributed by atoms with Crippen LogP contribution in [0.25, 0.3) is 0 Å². The average Bonchev–Trinajstić information content (AvgIpc) is 2.67. The second-order valence-electron chi connectivity index (χ2n) is 5.35. The zero-order valence-corrected chi connectivity index (χ0v) is 28.8. The third-order valence-corrected chi connectivity index (χ3v) is 3.45. The van der Waals surface area contributed by atoms with Crippen molar-refractivity contribution in [3.05, 3.63) is 69.8 Å². The Bertz CT molecular complexity index is 996. The fraction of sp³-hybridized carbons (Fsp3) is 0. The first-order valence-corrected chi connectivity index (χ1v) is 7.54. The van der Waals surface area contributed by atoms with Crippen molar-refractivity contribution >= 4 is 35.8 Å². The molecule has 0 saturated carbocycles. The van der Waals surface area contributed by atoms with E-state index in [2.05, 4.69) is 0 Å². The fourth-order valence-electron chi connectivity index (χ4n) is 2.08. The van der Waals surface area contributed by atoms with Crippen molar-refractivity contribution in [3.63, 3.8) is 0 Å². The third kappa shape index (κ3) is 10.2. The molecule has 0 amide bonds. The van der Waals surface area contributed by atoms with E-state index in [0.717, 1.165) is 36.4 Å². The molecule has 0 aliphatic rings. The van der Waals surface area contributed by atoms with Gasteiger partial charge in [-0.25, -0.2) is 28.8 Å². The van der Waals surface area contributed by atoms with E-state index < -0.39 is 58.1 Å². The molecule has 0 spiro atoms. The van der Waals surface area contributed by atoms with Gasteiger partial charge in [-0.1, -0.05) is 0 Å². The van der Waals surface area contributed by atoms with Crippen LogP contribution in [0, 0.1) is 0 Å². The minimum Gasteiger partial charge on any atom is -0.478 e. The summed E-state index contributed by atoms with van der Waals surface area (Å²) >= 11 is 0. The summed E-state index contributed by atoms with van der Waals surface area (Å²) in [5.41, 5.74) is -2.49. The molecule has 0 aliphatic carbocycles. The van der Waals surface area contributed by atoms with E-state index in [0.29, 0.717) is 0 Å². The van der Waals surface area contributed by atoms with E-state index in [-0.39, 0.29) is 93.0 Å². The average molecular weight is 758 g/mol. The Hall–Kier alpha value is -1.97. The molecule has 0 radical (unpaired) electrons. The number of hydrogen-bond acceptors (Lipinski definition) is 6. The van der Waals surface area contributed by atoms with Crippen LogP contribution in [0.2, 0.25) is 0 Å². The number of rotatable bonds is 6. The summed E-state index contributed by atoms with van der Waals surface area (Å²) in [5.74, 6) is -8.40. The normalized spacial score (nSPS) is 8.73. The Morgan fingerprint density at radius 1 is 0.394 bits per heavy atom. The maximum Gasteiger partial charge on any atom is 0.336 e. The Kier molecular flexibility index (Phi) is 17.0. The van der Waals surface area contributed by atoms with Gasteiger partial charge in [-0.15, -0.1) is 0 Å². The summed E-state index contributed by atoms with van der Waals surface area (Å²) in [6.07, 6.45) is 0. The molecule has 33 heavy (non-hydrogen) atoms. The first-order valence-electron chi connectivity index (χ1n) is 7.54. The largest absolute Gasteiger partial charge is 0.478 e. The number of carboxylic acid groups (broad SMARTS) is 6. The Morgan fingerprint density at radius 3 is 0.818 bits per heavy atom. The van der Waals surface area contributed by atoms with Crippen LogP contribution in [-0.4, -0.2) is 66.5 Å². The van der Waals surface area contributed by atoms with Crippen molar-refractivity contribution < 1.29 is 141 Å². The molecule has 162 valence electrons. The molecule has 0 atom stereocenters. The molecular formula is C18H12Cd3O12. The quantitative estimate of drug-likeness (QED) is 0.231. The number of aromatic carboxylic acids is 6. The van der Waals surface area contributed by atoms with E-state index >= 15 is 0 Å². The van der Waals surface area contributed by atoms with Gasteiger partial charge in [0.25, 0.3) is 0 Å². The zero-order chi connectivity index (χ0) is 23.2. The molecule has 15 heteroatoms. The predicted molar refractivity (Wildman–Crippen MR) is 94.6 cm³/mol. The van der Waals surface area contributed by atoms with Gasteiger partial charge in [0.2, 0.25) is 0 Å². The second kappa shape index (κ2) is 15.8. The standard InChI is InChI=1S/2C9H6O6.3Cd/c2*10-7(11)4-1-2-5(8(12)13)6(3-4)9(14)15;;;/h2*1-3H,(H,10,11)(H,12,13)(H,14,15);;;. The van der Waals surface area contributed by atoms with E-state index in [1.807, 2.05) is 0 Å². The van der Waals surface area contributed by atoms with E-state index in [4.69, 9.17) is 30.6 Å². The van der Waals surface area contributed by atoms with Gasteiger partial charge in [-0.3, -0.25) is 0 Å². The molecule has 0 heterocycles. The minimum atomic E-state index is -1.48. The third-order valence-electron chi connectivity index (χ3n) is 3.45. The summed E-state index contributed by atoms with van der Waals surface area (Å²) in [4.78, 5) is 63.5. The first-order chi connectivity index (χ1) is 13.9. The van der Waals surface area contributed by atoms with Crippen LogP contribution in [0.15, 0.2) is 36.4 Å². The van der Waals surface area contributed by atoms with Crippen LogP contribution in [0.4, 0.5) is 0 Å². The van der Waals surface area contributed by atoms with Crippen LogP contribution in [0.5, 0.6) is 0 Å². The maximum atomic E-state index is 10.6. The molecule has 0 unspecified atom stereocenters. The van der Waals surface area contributed by atoms with Gasteiger partial charge in [-0.2, -0.15) is 0 Å². The van der Waals surface area contributed by atoms with Gasteiger partial charge >= 0.3 is 35.8 Å². The summed E-state index contributed by atoms with van der Waals surface area (Å²) in [5, 5.41) is 51.8. The van der Waals surface area contributed by atoms with Gasteiger partial charge in [0.05, 0.1) is 33.4 Å². The molecule has 2 rings (SSSR count). The molecule has 0 saturated heterocycles. The van der Waals surface area contributed by atoms with Gasteiger partial charge in [0, 0.05) is 81.9 Å². The van der Waals surface area contributed by atoms with E-state index in [1.165, 1.54) is 0 Å². The van der Waals surface area contributed by atoms with E-state index in [1.54, 1.807) is 0 Å². The molecule has 6 N–H and O–H groups in total. The number of benzene rings is 2. The van der Waals surface area contributed by atoms with Crippen LogP contribution >= 0.6 is 0 Å². The summed E-state index contributed by atoms with van der Waals surface area (Å²) in [6, 6.07) is 5.61. The van der Waals surface area contributed by atoms with Crippen LogP contribution < -0.4 is 0 Å². The molecule has 2 aromatic rings. The van der Waals surface area contributed by atoms with E-state index in [9.17, 15) is 28.8 Å². The molecule has 0 aromatic heterocycles. The van der Waals surface area contributed by atoms with Crippen LogP contribution in [0.3, 0.4) is 0 Å².